The third-order valence-corrected chi connectivity index (χ3v) is 12.0. The number of aromatic amines is 1. The van der Waals surface area contributed by atoms with Crippen LogP contribution in [0.4, 0.5) is 0 Å². The summed E-state index contributed by atoms with van der Waals surface area (Å²) in [5, 5.41) is 19.1. The molecule has 3 N–H and O–H groups in total. The van der Waals surface area contributed by atoms with Crippen LogP contribution in [0, 0.1) is 26.7 Å². The van der Waals surface area contributed by atoms with E-state index in [1.165, 1.54) is 55.0 Å². The van der Waals surface area contributed by atoms with E-state index in [0.717, 1.165) is 37.9 Å². The standard InChI is InChI=1S/C31H38N6O2S/c1-15(2)24-25-18(5)27(40-29(25)34-26(24)22-9-37-28(32-14-33-37)17(4)16(22)3)21-7-20-6-19(21)8-36(20)10-23(38)35-30-11-31(39,12-30)13-30/h9,14-15,19-21,34,39H,6-8,10-13H2,1-5H3,(H,35,38)/t19?,20?,21-,30?,31?/m1/s1. The summed E-state index contributed by atoms with van der Waals surface area (Å²) < 4.78 is 1.90. The molecule has 9 heteroatoms. The van der Waals surface area contributed by atoms with Gasteiger partial charge in [0.25, 0.3) is 0 Å². The van der Waals surface area contributed by atoms with E-state index >= 15 is 0 Å². The van der Waals surface area contributed by atoms with E-state index in [9.17, 15) is 9.90 Å². The van der Waals surface area contributed by atoms with Crippen LogP contribution in [0.15, 0.2) is 12.5 Å². The van der Waals surface area contributed by atoms with E-state index in [2.05, 4.69) is 66.1 Å². The number of nitrogens with one attached hydrogen (secondary N) is 2. The number of thiophene rings is 1. The normalized spacial score (nSPS) is 30.9. The first kappa shape index (κ1) is 25.0. The van der Waals surface area contributed by atoms with Gasteiger partial charge in [-0.25, -0.2) is 9.50 Å². The van der Waals surface area contributed by atoms with Crippen molar-refractivity contribution in [3.8, 4) is 11.3 Å². The fourth-order valence-corrected chi connectivity index (χ4v) is 10.2. The number of carbonyl (C=O) groups is 1. The molecule has 5 heterocycles. The van der Waals surface area contributed by atoms with Crippen LogP contribution in [0.1, 0.15) is 84.9 Å². The molecule has 0 aromatic carbocycles. The lowest BCUT2D eigenvalue weighted by atomic mass is 9.46. The first-order valence-corrected chi connectivity index (χ1v) is 15.6. The molecule has 9 rings (SSSR count). The van der Waals surface area contributed by atoms with Gasteiger partial charge >= 0.3 is 0 Å². The highest BCUT2D eigenvalue weighted by Gasteiger charge is 2.68. The number of fused-ring (bicyclic) bond motifs is 4. The highest BCUT2D eigenvalue weighted by Crippen LogP contribution is 2.60. The molecule has 4 aromatic rings. The summed E-state index contributed by atoms with van der Waals surface area (Å²) in [7, 11) is 0. The smallest absolute Gasteiger partial charge is 0.234 e. The summed E-state index contributed by atoms with van der Waals surface area (Å²) in [6.45, 7) is 12.7. The van der Waals surface area contributed by atoms with Crippen molar-refractivity contribution in [1.29, 1.82) is 0 Å². The summed E-state index contributed by atoms with van der Waals surface area (Å²) >= 11 is 1.95. The SMILES string of the molecule is Cc1c(-c2[nH]c3sc([C@@H]4CC5CC4CN5CC(=O)NC45CC(O)(C4)C5)c(C)c3c2C(C)C)cn2ncnc2c1C. The maximum Gasteiger partial charge on any atom is 0.234 e. The highest BCUT2D eigenvalue weighted by molar-refractivity contribution is 7.19. The minimum Gasteiger partial charge on any atom is -0.390 e. The van der Waals surface area contributed by atoms with Crippen molar-refractivity contribution in [2.24, 2.45) is 5.92 Å². The molecule has 0 radical (unpaired) electrons. The van der Waals surface area contributed by atoms with E-state index in [4.69, 9.17) is 0 Å². The summed E-state index contributed by atoms with van der Waals surface area (Å²) in [6.07, 6.45) is 8.28. The number of aliphatic hydroxyl groups is 1. The third-order valence-electron chi connectivity index (χ3n) is 10.7. The summed E-state index contributed by atoms with van der Waals surface area (Å²) in [5.74, 6) is 1.69. The van der Waals surface area contributed by atoms with Gasteiger partial charge in [-0.1, -0.05) is 13.8 Å². The van der Waals surface area contributed by atoms with Gasteiger partial charge in [0.2, 0.25) is 5.91 Å². The molecule has 1 aliphatic heterocycles. The molecule has 40 heavy (non-hydrogen) atoms. The Morgan fingerprint density at radius 3 is 2.65 bits per heavy atom. The summed E-state index contributed by atoms with van der Waals surface area (Å²) in [5.41, 5.74) is 8.00. The number of amides is 1. The molecule has 1 saturated heterocycles. The summed E-state index contributed by atoms with van der Waals surface area (Å²) in [6, 6.07) is 0.484. The molecule has 5 aliphatic rings. The van der Waals surface area contributed by atoms with E-state index in [0.29, 0.717) is 30.3 Å². The fourth-order valence-electron chi connectivity index (χ4n) is 8.79. The Labute approximate surface area is 238 Å². The van der Waals surface area contributed by atoms with Crippen molar-refractivity contribution in [2.45, 2.75) is 95.7 Å². The van der Waals surface area contributed by atoms with Gasteiger partial charge in [-0.2, -0.15) is 5.10 Å². The fraction of sp³-hybridized carbons (Fsp3) is 0.581. The number of carbonyl (C=O) groups excluding carboxylic acids is 1. The monoisotopic (exact) mass is 558 g/mol. The lowest BCUT2D eigenvalue weighted by molar-refractivity contribution is -0.220. The number of pyridine rings is 1. The molecule has 1 amide bonds. The van der Waals surface area contributed by atoms with Crippen LogP contribution in [0.2, 0.25) is 0 Å². The molecule has 210 valence electrons. The van der Waals surface area contributed by atoms with Crippen molar-refractivity contribution < 1.29 is 9.90 Å². The van der Waals surface area contributed by atoms with E-state index < -0.39 is 5.60 Å². The predicted molar refractivity (Wildman–Crippen MR) is 157 cm³/mol. The largest absolute Gasteiger partial charge is 0.390 e. The number of piperidine rings is 1. The zero-order chi connectivity index (χ0) is 27.7. The molecule has 2 unspecified atom stereocenters. The van der Waals surface area contributed by atoms with Crippen LogP contribution >= 0.6 is 11.3 Å². The zero-order valence-corrected chi connectivity index (χ0v) is 24.8. The topological polar surface area (TPSA) is 98.5 Å². The average molecular weight is 559 g/mol. The van der Waals surface area contributed by atoms with Gasteiger partial charge in [0.1, 0.15) is 11.2 Å². The Kier molecular flexibility index (Phi) is 5.11. The van der Waals surface area contributed by atoms with E-state index in [-0.39, 0.29) is 11.4 Å². The zero-order valence-electron chi connectivity index (χ0n) is 24.0. The predicted octanol–water partition coefficient (Wildman–Crippen LogP) is 4.95. The van der Waals surface area contributed by atoms with Crippen LogP contribution in [0.5, 0.6) is 0 Å². The highest BCUT2D eigenvalue weighted by atomic mass is 32.1. The molecule has 4 aromatic heterocycles. The minimum absolute atomic E-state index is 0.104. The second-order valence-electron chi connectivity index (χ2n) is 13.7. The molecular weight excluding hydrogens is 520 g/mol. The van der Waals surface area contributed by atoms with Crippen LogP contribution in [-0.4, -0.2) is 65.8 Å². The van der Waals surface area contributed by atoms with Gasteiger partial charge in [-0.05, 0) is 92.9 Å². The Bertz CT molecular complexity index is 1690. The lowest BCUT2D eigenvalue weighted by Gasteiger charge is -2.67. The number of aromatic nitrogens is 4. The molecule has 3 atom stereocenters. The van der Waals surface area contributed by atoms with Crippen LogP contribution < -0.4 is 5.32 Å². The van der Waals surface area contributed by atoms with Crippen molar-refractivity contribution >= 4 is 33.1 Å². The number of rotatable bonds is 6. The van der Waals surface area contributed by atoms with Crippen LogP contribution in [0.3, 0.4) is 0 Å². The average Bonchev–Trinajstić information content (AvgIpc) is 3.66. The molecular formula is C31H38N6O2S. The number of hydrogen-bond donors (Lipinski definition) is 3. The molecule has 4 saturated carbocycles. The number of likely N-dealkylation sites (tertiary alicyclic amines) is 1. The van der Waals surface area contributed by atoms with Gasteiger partial charge in [0.05, 0.1) is 17.8 Å². The number of aryl methyl sites for hydroxylation is 2. The third kappa shape index (κ3) is 3.40. The van der Waals surface area contributed by atoms with Crippen molar-refractivity contribution in [3.05, 3.63) is 39.7 Å². The Morgan fingerprint density at radius 2 is 1.98 bits per heavy atom. The van der Waals surface area contributed by atoms with Crippen molar-refractivity contribution in [3.63, 3.8) is 0 Å². The number of H-pyrrole nitrogens is 1. The first-order valence-electron chi connectivity index (χ1n) is 14.8. The molecule has 4 bridgehead atoms. The van der Waals surface area contributed by atoms with E-state index in [1.807, 2.05) is 15.9 Å². The van der Waals surface area contributed by atoms with Crippen molar-refractivity contribution in [2.75, 3.05) is 13.1 Å². The molecule has 4 aliphatic carbocycles. The second-order valence-corrected chi connectivity index (χ2v) is 14.7. The van der Waals surface area contributed by atoms with Gasteiger partial charge in [0, 0.05) is 40.1 Å². The van der Waals surface area contributed by atoms with Gasteiger partial charge in [0.15, 0.2) is 5.65 Å². The van der Waals surface area contributed by atoms with E-state index in [1.54, 1.807) is 6.33 Å². The maximum atomic E-state index is 12.8. The van der Waals surface area contributed by atoms with Gasteiger partial charge in [-0.3, -0.25) is 9.69 Å². The quantitative estimate of drug-likeness (QED) is 0.311. The Balaban J connectivity index is 1.06. The van der Waals surface area contributed by atoms with Gasteiger partial charge in [-0.15, -0.1) is 11.3 Å². The first-order chi connectivity index (χ1) is 19.0. The number of hydrogen-bond acceptors (Lipinski definition) is 6. The minimum atomic E-state index is -0.477. The molecule has 0 spiro atoms. The molecule has 8 nitrogen and oxygen atoms in total. The van der Waals surface area contributed by atoms with Crippen LogP contribution in [0.25, 0.3) is 27.1 Å². The molecule has 5 fully saturated rings. The second kappa shape index (κ2) is 8.17. The Hall–Kier alpha value is -2.75. The van der Waals surface area contributed by atoms with Crippen molar-refractivity contribution in [1.82, 2.24) is 29.8 Å². The Morgan fingerprint density at radius 1 is 1.20 bits per heavy atom. The summed E-state index contributed by atoms with van der Waals surface area (Å²) in [4.78, 5) is 26.3. The maximum absolute atomic E-state index is 12.8. The van der Waals surface area contributed by atoms with Gasteiger partial charge < -0.3 is 15.4 Å². The number of nitrogens with zero attached hydrogens (tertiary/aromatic N) is 4. The van der Waals surface area contributed by atoms with Crippen LogP contribution in [-0.2, 0) is 4.79 Å². The lowest BCUT2D eigenvalue weighted by Crippen LogP contribution is -2.79.